The maximum Gasteiger partial charge on any atom is 0.319 e. The summed E-state index contributed by atoms with van der Waals surface area (Å²) in [7, 11) is 0. The van der Waals surface area contributed by atoms with Gasteiger partial charge in [0.05, 0.1) is 0 Å². The first-order valence-electron chi connectivity index (χ1n) is 11.3. The number of carbonyl (C=O) groups is 5. The van der Waals surface area contributed by atoms with Crippen molar-refractivity contribution in [1.82, 2.24) is 20.9 Å². The summed E-state index contributed by atoms with van der Waals surface area (Å²) in [6.07, 6.45) is 5.14. The smallest absolute Gasteiger partial charge is 0.319 e. The number of anilines is 1. The molecule has 1 aliphatic carbocycles. The van der Waals surface area contributed by atoms with Crippen LogP contribution >= 0.6 is 11.6 Å². The van der Waals surface area contributed by atoms with Crippen LogP contribution < -0.4 is 27.0 Å². The molecule has 11 nitrogen and oxygen atoms in total. The van der Waals surface area contributed by atoms with Gasteiger partial charge in [-0.2, -0.15) is 0 Å². The van der Waals surface area contributed by atoms with Crippen LogP contribution in [0.25, 0.3) is 0 Å². The highest BCUT2D eigenvalue weighted by Gasteiger charge is 2.42. The Kier molecular flexibility index (Phi) is 7.11. The van der Waals surface area contributed by atoms with Gasteiger partial charge in [0.2, 0.25) is 11.8 Å². The Balaban J connectivity index is 1.36. The monoisotopic (exact) mass is 512 g/mol. The van der Waals surface area contributed by atoms with E-state index in [-0.39, 0.29) is 31.0 Å². The van der Waals surface area contributed by atoms with Gasteiger partial charge in [-0.3, -0.25) is 29.4 Å². The van der Waals surface area contributed by atoms with Crippen molar-refractivity contribution >= 4 is 46.9 Å². The van der Waals surface area contributed by atoms with Crippen LogP contribution in [-0.2, 0) is 19.2 Å². The van der Waals surface area contributed by atoms with Crippen molar-refractivity contribution < 1.29 is 24.0 Å². The van der Waals surface area contributed by atoms with E-state index < -0.39 is 35.7 Å². The third kappa shape index (κ3) is 5.57. The molecule has 0 aromatic heterocycles. The van der Waals surface area contributed by atoms with Gasteiger partial charge in [-0.15, -0.1) is 0 Å². The van der Waals surface area contributed by atoms with Crippen molar-refractivity contribution in [3.05, 3.63) is 64.1 Å². The number of piperidine rings is 1. The number of amides is 6. The number of hydrogen-bond acceptors (Lipinski definition) is 7. The Morgan fingerprint density at radius 1 is 1.22 bits per heavy atom. The molecule has 1 aromatic carbocycles. The number of hydrogen-bond donors (Lipinski definition) is 5. The van der Waals surface area contributed by atoms with Gasteiger partial charge in [0, 0.05) is 47.1 Å². The van der Waals surface area contributed by atoms with Gasteiger partial charge >= 0.3 is 6.03 Å². The zero-order valence-corrected chi connectivity index (χ0v) is 20.1. The lowest BCUT2D eigenvalue weighted by molar-refractivity contribution is -0.149. The van der Waals surface area contributed by atoms with E-state index in [1.54, 1.807) is 30.4 Å². The molecule has 2 atom stereocenters. The lowest BCUT2D eigenvalue weighted by Gasteiger charge is -2.28. The second kappa shape index (κ2) is 10.2. The molecule has 6 amide bonds. The number of aryl methyl sites for hydroxylation is 1. The predicted octanol–water partition coefficient (Wildman–Crippen LogP) is 1.16. The van der Waals surface area contributed by atoms with Crippen molar-refractivity contribution in [2.24, 2.45) is 11.7 Å². The Labute approximate surface area is 211 Å². The highest BCUT2D eigenvalue weighted by atomic mass is 35.5. The first-order chi connectivity index (χ1) is 17.1. The molecule has 3 aliphatic rings. The van der Waals surface area contributed by atoms with Crippen LogP contribution in [0.4, 0.5) is 10.5 Å². The molecule has 0 bridgehead atoms. The van der Waals surface area contributed by atoms with E-state index in [9.17, 15) is 24.0 Å². The average Bonchev–Trinajstić information content (AvgIpc) is 3.07. The molecule has 1 saturated heterocycles. The van der Waals surface area contributed by atoms with Crippen LogP contribution in [0.15, 0.2) is 53.5 Å². The zero-order chi connectivity index (χ0) is 26.0. The normalized spacial score (nSPS) is 21.9. The second-order valence-electron chi connectivity index (χ2n) is 8.77. The van der Waals surface area contributed by atoms with Crippen molar-refractivity contribution in [3.63, 3.8) is 0 Å². The fraction of sp³-hybridized carbons (Fsp3) is 0.292. The molecule has 4 rings (SSSR count). The Morgan fingerprint density at radius 3 is 2.72 bits per heavy atom. The molecule has 1 aromatic rings. The standard InChI is InChI=1S/C24H25ClN6O5/c1-12-2-3-15(9-17(12)25)29-24(36)27-11-13-6-14(26)8-16(7-13)28-18-10-21(33)31(23(18)35)19-4-5-20(32)30-22(19)34/h2-3,7-10,13,19,28H,4-6,11,26H2,1H3,(H2,27,29,36)(H,30,32,34). The number of benzene rings is 1. The minimum atomic E-state index is -1.04. The van der Waals surface area contributed by atoms with Gasteiger partial charge in [0.25, 0.3) is 11.8 Å². The molecule has 2 heterocycles. The first-order valence-corrected chi connectivity index (χ1v) is 11.7. The van der Waals surface area contributed by atoms with E-state index in [4.69, 9.17) is 17.3 Å². The van der Waals surface area contributed by atoms with Gasteiger partial charge < -0.3 is 21.7 Å². The van der Waals surface area contributed by atoms with Gasteiger partial charge in [-0.1, -0.05) is 23.7 Å². The first kappa shape index (κ1) is 25.0. The van der Waals surface area contributed by atoms with Crippen LogP contribution in [0.2, 0.25) is 5.02 Å². The summed E-state index contributed by atoms with van der Waals surface area (Å²) in [5, 5.41) is 11.1. The Morgan fingerprint density at radius 2 is 2.00 bits per heavy atom. The molecule has 2 unspecified atom stereocenters. The zero-order valence-electron chi connectivity index (χ0n) is 19.4. The number of halogens is 1. The molecule has 36 heavy (non-hydrogen) atoms. The molecular formula is C24H25ClN6O5. The van der Waals surface area contributed by atoms with Gasteiger partial charge in [0.1, 0.15) is 11.7 Å². The minimum absolute atomic E-state index is 0.0115. The van der Waals surface area contributed by atoms with E-state index >= 15 is 0 Å². The van der Waals surface area contributed by atoms with Crippen molar-refractivity contribution in [1.29, 1.82) is 0 Å². The number of carbonyl (C=O) groups excluding carboxylic acids is 5. The highest BCUT2D eigenvalue weighted by molar-refractivity contribution is 6.31. The molecular weight excluding hydrogens is 488 g/mol. The van der Waals surface area contributed by atoms with Crippen molar-refractivity contribution in [2.45, 2.75) is 32.2 Å². The third-order valence-corrected chi connectivity index (χ3v) is 6.37. The Bertz CT molecular complexity index is 1250. The van der Waals surface area contributed by atoms with Crippen molar-refractivity contribution in [2.75, 3.05) is 11.9 Å². The van der Waals surface area contributed by atoms with Crippen LogP contribution in [0.3, 0.4) is 0 Å². The number of nitrogens with one attached hydrogen (secondary N) is 4. The van der Waals surface area contributed by atoms with E-state index in [1.807, 2.05) is 6.92 Å². The summed E-state index contributed by atoms with van der Waals surface area (Å²) in [5.74, 6) is -2.61. The summed E-state index contributed by atoms with van der Waals surface area (Å²) in [4.78, 5) is 62.0. The third-order valence-electron chi connectivity index (χ3n) is 5.96. The lowest BCUT2D eigenvalue weighted by Crippen LogP contribution is -2.54. The average molecular weight is 513 g/mol. The predicted molar refractivity (Wildman–Crippen MR) is 131 cm³/mol. The minimum Gasteiger partial charge on any atom is -0.402 e. The fourth-order valence-electron chi connectivity index (χ4n) is 4.15. The van der Waals surface area contributed by atoms with E-state index in [1.165, 1.54) is 0 Å². The molecule has 6 N–H and O–H groups in total. The van der Waals surface area contributed by atoms with Crippen LogP contribution in [-0.4, -0.2) is 47.1 Å². The van der Waals surface area contributed by atoms with Gasteiger partial charge in [-0.25, -0.2) is 4.79 Å². The van der Waals surface area contributed by atoms with Crippen LogP contribution in [0.1, 0.15) is 24.8 Å². The molecule has 12 heteroatoms. The maximum absolute atomic E-state index is 12.9. The largest absolute Gasteiger partial charge is 0.402 e. The highest BCUT2D eigenvalue weighted by Crippen LogP contribution is 2.24. The summed E-state index contributed by atoms with van der Waals surface area (Å²) in [6.45, 7) is 2.13. The lowest BCUT2D eigenvalue weighted by atomic mass is 9.96. The summed E-state index contributed by atoms with van der Waals surface area (Å²) >= 11 is 6.09. The molecule has 0 spiro atoms. The number of imide groups is 2. The van der Waals surface area contributed by atoms with Crippen LogP contribution in [0, 0.1) is 12.8 Å². The van der Waals surface area contributed by atoms with Crippen molar-refractivity contribution in [3.8, 4) is 0 Å². The van der Waals surface area contributed by atoms with Crippen LogP contribution in [0.5, 0.6) is 0 Å². The number of allylic oxidation sites excluding steroid dienone is 2. The number of nitrogens with zero attached hydrogens (tertiary/aromatic N) is 1. The SMILES string of the molecule is Cc1ccc(NC(=O)NCC2C=C(NC3=CC(=O)N(C4CCC(=O)NC4=O)C3=O)C=C(N)C2)cc1Cl. The summed E-state index contributed by atoms with van der Waals surface area (Å²) in [5.41, 5.74) is 8.51. The molecule has 2 aliphatic heterocycles. The quantitative estimate of drug-likeness (QED) is 0.357. The molecule has 0 radical (unpaired) electrons. The number of rotatable bonds is 6. The molecule has 188 valence electrons. The summed E-state index contributed by atoms with van der Waals surface area (Å²) < 4.78 is 0. The second-order valence-corrected chi connectivity index (χ2v) is 9.17. The van der Waals surface area contributed by atoms with Gasteiger partial charge in [-0.05, 0) is 43.5 Å². The van der Waals surface area contributed by atoms with E-state index in [2.05, 4.69) is 21.3 Å². The topological polar surface area (TPSA) is 163 Å². The van der Waals surface area contributed by atoms with E-state index in [0.29, 0.717) is 28.5 Å². The number of nitrogens with two attached hydrogens (primary N) is 1. The summed E-state index contributed by atoms with van der Waals surface area (Å²) in [6, 6.07) is 3.75. The fourth-order valence-corrected chi connectivity index (χ4v) is 4.33. The van der Waals surface area contributed by atoms with E-state index in [0.717, 1.165) is 16.5 Å². The van der Waals surface area contributed by atoms with Gasteiger partial charge in [0.15, 0.2) is 0 Å². The molecule has 1 fully saturated rings. The molecule has 0 saturated carbocycles. The number of urea groups is 1. The maximum atomic E-state index is 12.9. The Hall–Kier alpha value is -4.12.